The molecule has 3 aromatic heterocycles. The van der Waals surface area contributed by atoms with Crippen molar-refractivity contribution >= 4 is 22.7 Å². The highest BCUT2D eigenvalue weighted by atomic mass is 19.3. The Kier molecular flexibility index (Phi) is 7.23. The molecule has 0 aliphatic carbocycles. The second kappa shape index (κ2) is 11.5. The number of carbonyl (C=O) groups is 1. The molecule has 2 fully saturated rings. The average molecular weight is 586 g/mol. The molecule has 1 atom stereocenters. The highest BCUT2D eigenvalue weighted by Gasteiger charge is 2.32. The van der Waals surface area contributed by atoms with E-state index in [0.717, 1.165) is 29.9 Å². The smallest absolute Gasteiger partial charge is 0.350 e. The Balaban J connectivity index is 1.07. The zero-order valence-electron chi connectivity index (χ0n) is 23.3. The molecule has 0 N–H and O–H groups in total. The quantitative estimate of drug-likeness (QED) is 0.274. The van der Waals surface area contributed by atoms with E-state index in [2.05, 4.69) is 36.3 Å². The number of amides is 1. The molecule has 220 valence electrons. The molecule has 2 aromatic carbocycles. The van der Waals surface area contributed by atoms with Crippen LogP contribution in [0.15, 0.2) is 71.3 Å². The maximum absolute atomic E-state index is 13.5. The van der Waals surface area contributed by atoms with Crippen LogP contribution < -0.4 is 4.90 Å². The minimum absolute atomic E-state index is 0.187. The van der Waals surface area contributed by atoms with Gasteiger partial charge in [-0.25, -0.2) is 4.98 Å². The maximum Gasteiger partial charge on any atom is 0.350 e. The number of benzene rings is 2. The number of pyridine rings is 1. The van der Waals surface area contributed by atoms with E-state index in [9.17, 15) is 13.6 Å². The van der Waals surface area contributed by atoms with Crippen molar-refractivity contribution in [1.82, 2.24) is 40.0 Å². The molecule has 11 nitrogen and oxygen atoms in total. The summed E-state index contributed by atoms with van der Waals surface area (Å²) in [5.41, 5.74) is 4.43. The molecule has 1 unspecified atom stereocenters. The summed E-state index contributed by atoms with van der Waals surface area (Å²) in [6, 6.07) is 18.5. The number of nitrogens with zero attached hydrogens (tertiary/aromatic N) is 9. The highest BCUT2D eigenvalue weighted by Crippen LogP contribution is 2.30. The average Bonchev–Trinajstić information content (AvgIpc) is 3.83. The van der Waals surface area contributed by atoms with Crippen molar-refractivity contribution in [2.75, 3.05) is 44.2 Å². The number of tetrazole rings is 1. The van der Waals surface area contributed by atoms with Gasteiger partial charge >= 0.3 is 6.55 Å². The van der Waals surface area contributed by atoms with E-state index in [0.29, 0.717) is 53.7 Å². The lowest BCUT2D eigenvalue weighted by molar-refractivity contribution is 0.0385. The lowest BCUT2D eigenvalue weighted by Crippen LogP contribution is -2.50. The number of hydrogen-bond donors (Lipinski definition) is 0. The van der Waals surface area contributed by atoms with E-state index in [1.165, 1.54) is 12.8 Å². The Bertz CT molecular complexity index is 1730. The fourth-order valence-electron chi connectivity index (χ4n) is 5.82. The van der Waals surface area contributed by atoms with Crippen LogP contribution in [0.4, 0.5) is 14.5 Å². The van der Waals surface area contributed by atoms with E-state index in [1.54, 1.807) is 23.2 Å². The molecule has 5 heterocycles. The fraction of sp³-hybridized carbons (Fsp3) is 0.333. The summed E-state index contributed by atoms with van der Waals surface area (Å²) in [6.45, 7) is 1.02. The van der Waals surface area contributed by atoms with Gasteiger partial charge in [0.2, 0.25) is 5.89 Å². The Morgan fingerprint density at radius 3 is 2.44 bits per heavy atom. The van der Waals surface area contributed by atoms with Gasteiger partial charge in [0.25, 0.3) is 5.91 Å². The normalized spacial score (nSPS) is 16.8. The summed E-state index contributed by atoms with van der Waals surface area (Å²) in [7, 11) is 0. The molecular weight excluding hydrogens is 556 g/mol. The number of aromatic nitrogens is 6. The van der Waals surface area contributed by atoms with Gasteiger partial charge in [0, 0.05) is 56.7 Å². The number of anilines is 1. The van der Waals surface area contributed by atoms with Gasteiger partial charge in [-0.05, 0) is 54.0 Å². The number of oxazole rings is 1. The molecule has 5 aromatic rings. The SMILES string of the molecule is O=C(c1cc(-c2nc3cc(N4CCCC4)ccc3o2)ccn1)N1CCN(C(c2ccccc2)c2nnn(C(F)F)n2)CC1. The Morgan fingerprint density at radius 2 is 1.70 bits per heavy atom. The number of alkyl halides is 2. The molecule has 43 heavy (non-hydrogen) atoms. The van der Waals surface area contributed by atoms with E-state index >= 15 is 0 Å². The third kappa shape index (κ3) is 5.43. The van der Waals surface area contributed by atoms with Crippen LogP contribution in [0.3, 0.4) is 0 Å². The van der Waals surface area contributed by atoms with E-state index < -0.39 is 12.6 Å². The van der Waals surface area contributed by atoms with Crippen LogP contribution in [0, 0.1) is 0 Å². The largest absolute Gasteiger partial charge is 0.436 e. The van der Waals surface area contributed by atoms with Crippen LogP contribution in [0.5, 0.6) is 0 Å². The summed E-state index contributed by atoms with van der Waals surface area (Å²) >= 11 is 0. The molecule has 2 aliphatic rings. The monoisotopic (exact) mass is 585 g/mol. The van der Waals surface area contributed by atoms with Crippen LogP contribution in [0.25, 0.3) is 22.6 Å². The van der Waals surface area contributed by atoms with Gasteiger partial charge < -0.3 is 14.2 Å². The van der Waals surface area contributed by atoms with Crippen LogP contribution in [-0.2, 0) is 0 Å². The van der Waals surface area contributed by atoms with E-state index in [4.69, 9.17) is 9.40 Å². The summed E-state index contributed by atoms with van der Waals surface area (Å²) in [5.74, 6) is 0.420. The number of hydrogen-bond acceptors (Lipinski definition) is 9. The molecule has 2 aliphatic heterocycles. The van der Waals surface area contributed by atoms with Gasteiger partial charge in [0.1, 0.15) is 11.2 Å². The summed E-state index contributed by atoms with van der Waals surface area (Å²) in [4.78, 5) is 29.0. The lowest BCUT2D eigenvalue weighted by Gasteiger charge is -2.38. The van der Waals surface area contributed by atoms with Crippen LogP contribution in [0.1, 0.15) is 47.3 Å². The lowest BCUT2D eigenvalue weighted by atomic mass is 10.0. The number of carbonyl (C=O) groups excluding carboxylic acids is 1. The number of halogens is 2. The Hall–Kier alpha value is -4.78. The molecular formula is C30H29F2N9O2. The zero-order valence-corrected chi connectivity index (χ0v) is 23.3. The van der Waals surface area contributed by atoms with Crippen molar-refractivity contribution in [3.8, 4) is 11.5 Å². The van der Waals surface area contributed by atoms with Crippen molar-refractivity contribution in [2.24, 2.45) is 0 Å². The summed E-state index contributed by atoms with van der Waals surface area (Å²) < 4.78 is 32.4. The third-order valence-electron chi connectivity index (χ3n) is 8.01. The van der Waals surface area contributed by atoms with E-state index in [1.807, 2.05) is 42.5 Å². The third-order valence-corrected chi connectivity index (χ3v) is 8.01. The standard InChI is InChI=1S/C30H29F2N9O2/c31-30(32)41-36-27(35-37-41)26(20-6-2-1-3-7-20)39-14-16-40(17-15-39)29(42)24-18-21(10-11-33-24)28-34-23-19-22(8-9-25(23)43-28)38-12-4-5-13-38/h1-3,6-11,18-19,26,30H,4-5,12-17H2. The number of rotatable bonds is 7. The highest BCUT2D eigenvalue weighted by molar-refractivity contribution is 5.93. The van der Waals surface area contributed by atoms with Crippen molar-refractivity contribution in [3.05, 3.63) is 83.9 Å². The second-order valence-corrected chi connectivity index (χ2v) is 10.7. The minimum atomic E-state index is -2.88. The maximum atomic E-state index is 13.5. The summed E-state index contributed by atoms with van der Waals surface area (Å²) in [6.07, 6.45) is 3.98. The van der Waals surface area contributed by atoms with Crippen molar-refractivity contribution in [1.29, 1.82) is 0 Å². The van der Waals surface area contributed by atoms with Crippen molar-refractivity contribution < 1.29 is 18.0 Å². The first-order valence-electron chi connectivity index (χ1n) is 14.3. The molecule has 0 spiro atoms. The first-order chi connectivity index (χ1) is 21.0. The van der Waals surface area contributed by atoms with Gasteiger partial charge in [-0.15, -0.1) is 10.2 Å². The Labute approximate surface area is 245 Å². The first-order valence-corrected chi connectivity index (χ1v) is 14.3. The van der Waals surface area contributed by atoms with Gasteiger partial charge in [-0.2, -0.15) is 8.78 Å². The summed E-state index contributed by atoms with van der Waals surface area (Å²) in [5, 5.41) is 11.4. The Morgan fingerprint density at radius 1 is 0.907 bits per heavy atom. The minimum Gasteiger partial charge on any atom is -0.436 e. The molecule has 13 heteroatoms. The number of piperazine rings is 1. The van der Waals surface area contributed by atoms with Gasteiger partial charge in [0.15, 0.2) is 11.4 Å². The molecule has 0 saturated carbocycles. The van der Waals surface area contributed by atoms with Gasteiger partial charge in [0.05, 0.1) is 6.04 Å². The molecule has 0 radical (unpaired) electrons. The topological polar surface area (TPSA) is 109 Å². The number of fused-ring (bicyclic) bond motifs is 1. The van der Waals surface area contributed by atoms with Crippen molar-refractivity contribution in [3.63, 3.8) is 0 Å². The zero-order chi connectivity index (χ0) is 29.3. The first kappa shape index (κ1) is 27.1. The molecule has 0 bridgehead atoms. The van der Waals surface area contributed by atoms with Crippen LogP contribution in [-0.4, -0.2) is 85.2 Å². The van der Waals surface area contributed by atoms with Crippen LogP contribution in [0.2, 0.25) is 0 Å². The van der Waals surface area contributed by atoms with Gasteiger partial charge in [-0.1, -0.05) is 35.1 Å². The van der Waals surface area contributed by atoms with E-state index in [-0.39, 0.29) is 11.7 Å². The fourth-order valence-corrected chi connectivity index (χ4v) is 5.82. The molecule has 2 saturated heterocycles. The predicted molar refractivity (Wildman–Crippen MR) is 154 cm³/mol. The van der Waals surface area contributed by atoms with Gasteiger partial charge in [-0.3, -0.25) is 14.7 Å². The predicted octanol–water partition coefficient (Wildman–Crippen LogP) is 4.42. The van der Waals surface area contributed by atoms with Crippen molar-refractivity contribution in [2.45, 2.75) is 25.4 Å². The second-order valence-electron chi connectivity index (χ2n) is 10.7. The van der Waals surface area contributed by atoms with Crippen LogP contribution >= 0.6 is 0 Å². The molecule has 7 rings (SSSR count). The molecule has 1 amide bonds.